The third-order valence-corrected chi connectivity index (χ3v) is 3.15. The highest BCUT2D eigenvalue weighted by molar-refractivity contribution is 5.73. The Morgan fingerprint density at radius 2 is 2.22 bits per heavy atom. The van der Waals surface area contributed by atoms with E-state index in [0.29, 0.717) is 6.54 Å². The Bertz CT molecular complexity index is 386. The lowest BCUT2D eigenvalue weighted by molar-refractivity contribution is 0.206. The van der Waals surface area contributed by atoms with Crippen molar-refractivity contribution in [2.75, 3.05) is 13.6 Å². The molecule has 0 aliphatic carbocycles. The number of carbonyl (C=O) groups excluding carboxylic acids is 1. The molecule has 0 bridgehead atoms. The lowest BCUT2D eigenvalue weighted by Crippen LogP contribution is -2.37. The lowest BCUT2D eigenvalue weighted by Gasteiger charge is -2.17. The first-order chi connectivity index (χ1) is 8.56. The SMILES string of the molecule is CCCCCNC(=O)N(C)Cc1cnn(C)c1C. The van der Waals surface area contributed by atoms with E-state index in [-0.39, 0.29) is 6.03 Å². The van der Waals surface area contributed by atoms with Crippen LogP contribution in [0.2, 0.25) is 0 Å². The van der Waals surface area contributed by atoms with Crippen LogP contribution in [0.1, 0.15) is 37.4 Å². The molecule has 1 heterocycles. The molecule has 0 saturated heterocycles. The monoisotopic (exact) mass is 252 g/mol. The lowest BCUT2D eigenvalue weighted by atomic mass is 10.2. The standard InChI is InChI=1S/C13H24N4O/c1-5-6-7-8-14-13(18)16(3)10-12-9-15-17(4)11(12)2/h9H,5-8,10H2,1-4H3,(H,14,18). The van der Waals surface area contributed by atoms with Crippen LogP contribution in [0, 0.1) is 6.92 Å². The smallest absolute Gasteiger partial charge is 0.317 e. The van der Waals surface area contributed by atoms with Crippen LogP contribution in [0.5, 0.6) is 0 Å². The van der Waals surface area contributed by atoms with Crippen LogP contribution in [-0.4, -0.2) is 34.3 Å². The Kier molecular flexibility index (Phi) is 5.68. The first-order valence-corrected chi connectivity index (χ1v) is 6.52. The molecule has 5 heteroatoms. The zero-order chi connectivity index (χ0) is 13.5. The van der Waals surface area contributed by atoms with Crippen molar-refractivity contribution < 1.29 is 4.79 Å². The molecule has 0 fully saturated rings. The van der Waals surface area contributed by atoms with Crippen molar-refractivity contribution in [2.45, 2.75) is 39.7 Å². The molecule has 5 nitrogen and oxygen atoms in total. The number of unbranched alkanes of at least 4 members (excludes halogenated alkanes) is 2. The Labute approximate surface area is 109 Å². The normalized spacial score (nSPS) is 10.4. The summed E-state index contributed by atoms with van der Waals surface area (Å²) in [7, 11) is 3.71. The van der Waals surface area contributed by atoms with Crippen molar-refractivity contribution in [3.05, 3.63) is 17.5 Å². The number of urea groups is 1. The van der Waals surface area contributed by atoms with Gasteiger partial charge in [0, 0.05) is 31.9 Å². The second kappa shape index (κ2) is 7.03. The summed E-state index contributed by atoms with van der Waals surface area (Å²) in [4.78, 5) is 13.5. The third kappa shape index (κ3) is 4.05. The van der Waals surface area contributed by atoms with Gasteiger partial charge in [-0.25, -0.2) is 4.79 Å². The first kappa shape index (κ1) is 14.5. The Morgan fingerprint density at radius 3 is 2.78 bits per heavy atom. The van der Waals surface area contributed by atoms with Crippen molar-refractivity contribution in [3.8, 4) is 0 Å². The Morgan fingerprint density at radius 1 is 1.50 bits per heavy atom. The summed E-state index contributed by atoms with van der Waals surface area (Å²) < 4.78 is 1.82. The summed E-state index contributed by atoms with van der Waals surface area (Å²) >= 11 is 0. The number of carbonyl (C=O) groups is 1. The van der Waals surface area contributed by atoms with Crippen molar-refractivity contribution in [1.29, 1.82) is 0 Å². The fraction of sp³-hybridized carbons (Fsp3) is 0.692. The predicted molar refractivity (Wildman–Crippen MR) is 72.3 cm³/mol. The molecule has 1 aromatic rings. The van der Waals surface area contributed by atoms with Crippen LogP contribution in [0.3, 0.4) is 0 Å². The van der Waals surface area contributed by atoms with Gasteiger partial charge in [0.2, 0.25) is 0 Å². The van der Waals surface area contributed by atoms with E-state index in [1.807, 2.05) is 31.9 Å². The minimum absolute atomic E-state index is 0.0191. The number of nitrogens with zero attached hydrogens (tertiary/aromatic N) is 3. The molecule has 0 radical (unpaired) electrons. The van der Waals surface area contributed by atoms with E-state index >= 15 is 0 Å². The number of nitrogens with one attached hydrogen (secondary N) is 1. The van der Waals surface area contributed by atoms with Gasteiger partial charge in [-0.15, -0.1) is 0 Å². The second-order valence-electron chi connectivity index (χ2n) is 4.67. The second-order valence-corrected chi connectivity index (χ2v) is 4.67. The summed E-state index contributed by atoms with van der Waals surface area (Å²) in [6, 6.07) is -0.0191. The van der Waals surface area contributed by atoms with Crippen LogP contribution in [0.25, 0.3) is 0 Å². The predicted octanol–water partition coefficient (Wildman–Crippen LogP) is 2.06. The number of aromatic nitrogens is 2. The van der Waals surface area contributed by atoms with Gasteiger partial charge in [0.25, 0.3) is 0 Å². The number of hydrogen-bond donors (Lipinski definition) is 1. The van der Waals surface area contributed by atoms with Crippen LogP contribution in [-0.2, 0) is 13.6 Å². The summed E-state index contributed by atoms with van der Waals surface area (Å²) in [5.74, 6) is 0. The highest BCUT2D eigenvalue weighted by Gasteiger charge is 2.11. The van der Waals surface area contributed by atoms with E-state index in [2.05, 4.69) is 17.3 Å². The Hall–Kier alpha value is -1.52. The molecule has 1 N–H and O–H groups in total. The molecule has 0 aliphatic rings. The van der Waals surface area contributed by atoms with Crippen molar-refractivity contribution in [3.63, 3.8) is 0 Å². The zero-order valence-electron chi connectivity index (χ0n) is 11.9. The molecule has 2 amide bonds. The molecule has 0 aromatic carbocycles. The van der Waals surface area contributed by atoms with Crippen LogP contribution < -0.4 is 5.32 Å². The van der Waals surface area contributed by atoms with Gasteiger partial charge in [-0.3, -0.25) is 4.68 Å². The number of hydrogen-bond acceptors (Lipinski definition) is 2. The van der Waals surface area contributed by atoms with Crippen LogP contribution >= 0.6 is 0 Å². The fourth-order valence-electron chi connectivity index (χ4n) is 1.73. The largest absolute Gasteiger partial charge is 0.338 e. The van der Waals surface area contributed by atoms with Crippen molar-refractivity contribution in [1.82, 2.24) is 20.0 Å². The van der Waals surface area contributed by atoms with E-state index < -0.39 is 0 Å². The van der Waals surface area contributed by atoms with Gasteiger partial charge in [-0.05, 0) is 13.3 Å². The first-order valence-electron chi connectivity index (χ1n) is 6.52. The maximum absolute atomic E-state index is 11.8. The molecule has 0 unspecified atom stereocenters. The average Bonchev–Trinajstić information content (AvgIpc) is 2.66. The zero-order valence-corrected chi connectivity index (χ0v) is 11.9. The minimum atomic E-state index is -0.0191. The van der Waals surface area contributed by atoms with Gasteiger partial charge >= 0.3 is 6.03 Å². The van der Waals surface area contributed by atoms with Gasteiger partial charge in [-0.2, -0.15) is 5.10 Å². The maximum Gasteiger partial charge on any atom is 0.317 e. The van der Waals surface area contributed by atoms with Gasteiger partial charge in [-0.1, -0.05) is 19.8 Å². The molecule has 1 rings (SSSR count). The van der Waals surface area contributed by atoms with Crippen LogP contribution in [0.15, 0.2) is 6.20 Å². The van der Waals surface area contributed by atoms with E-state index in [4.69, 9.17) is 0 Å². The molecule has 18 heavy (non-hydrogen) atoms. The molecule has 0 saturated carbocycles. The minimum Gasteiger partial charge on any atom is -0.338 e. The van der Waals surface area contributed by atoms with E-state index in [0.717, 1.165) is 30.6 Å². The maximum atomic E-state index is 11.8. The van der Waals surface area contributed by atoms with Gasteiger partial charge in [0.05, 0.1) is 12.7 Å². The molecule has 0 aliphatic heterocycles. The molecule has 0 spiro atoms. The molecular formula is C13H24N4O. The van der Waals surface area contributed by atoms with Crippen LogP contribution in [0.4, 0.5) is 4.79 Å². The van der Waals surface area contributed by atoms with Gasteiger partial charge in [0.1, 0.15) is 0 Å². The third-order valence-electron chi connectivity index (χ3n) is 3.15. The Balaban J connectivity index is 2.38. The van der Waals surface area contributed by atoms with Crippen molar-refractivity contribution >= 4 is 6.03 Å². The molecule has 0 atom stereocenters. The number of aryl methyl sites for hydroxylation is 1. The number of rotatable bonds is 6. The summed E-state index contributed by atoms with van der Waals surface area (Å²) in [6.45, 7) is 5.51. The van der Waals surface area contributed by atoms with E-state index in [1.165, 1.54) is 6.42 Å². The van der Waals surface area contributed by atoms with Gasteiger partial charge < -0.3 is 10.2 Å². The molecule has 1 aromatic heterocycles. The highest BCUT2D eigenvalue weighted by atomic mass is 16.2. The summed E-state index contributed by atoms with van der Waals surface area (Å²) in [5, 5.41) is 7.10. The molecular weight excluding hydrogens is 228 g/mol. The highest BCUT2D eigenvalue weighted by Crippen LogP contribution is 2.08. The van der Waals surface area contributed by atoms with Crippen molar-refractivity contribution in [2.24, 2.45) is 7.05 Å². The fourth-order valence-corrected chi connectivity index (χ4v) is 1.73. The van der Waals surface area contributed by atoms with Gasteiger partial charge in [0.15, 0.2) is 0 Å². The summed E-state index contributed by atoms with van der Waals surface area (Å²) in [5.41, 5.74) is 2.18. The average molecular weight is 252 g/mol. The molecule has 102 valence electrons. The quantitative estimate of drug-likeness (QED) is 0.788. The number of amides is 2. The summed E-state index contributed by atoms with van der Waals surface area (Å²) in [6.07, 6.45) is 5.19. The van der Waals surface area contributed by atoms with E-state index in [1.54, 1.807) is 4.90 Å². The topological polar surface area (TPSA) is 50.2 Å². The van der Waals surface area contributed by atoms with E-state index in [9.17, 15) is 4.79 Å².